The maximum absolute atomic E-state index is 13.2. The van der Waals surface area contributed by atoms with Gasteiger partial charge in [-0.05, 0) is 37.8 Å². The van der Waals surface area contributed by atoms with Gasteiger partial charge in [0.2, 0.25) is 0 Å². The van der Waals surface area contributed by atoms with Crippen LogP contribution in [0.3, 0.4) is 0 Å². The van der Waals surface area contributed by atoms with Gasteiger partial charge in [0.1, 0.15) is 11.6 Å². The zero-order valence-electron chi connectivity index (χ0n) is 8.76. The molecule has 1 saturated carbocycles. The Kier molecular flexibility index (Phi) is 3.00. The minimum atomic E-state index is -0.467. The van der Waals surface area contributed by atoms with Gasteiger partial charge in [-0.2, -0.15) is 0 Å². The minimum Gasteiger partial charge on any atom is -0.310 e. The first-order valence-electron chi connectivity index (χ1n) is 5.34. The second kappa shape index (κ2) is 4.27. The summed E-state index contributed by atoms with van der Waals surface area (Å²) in [5.74, 6) is -0.240. The van der Waals surface area contributed by atoms with Crippen LogP contribution in [-0.2, 0) is 6.54 Å². The van der Waals surface area contributed by atoms with Gasteiger partial charge in [0.25, 0.3) is 0 Å². The van der Waals surface area contributed by atoms with Gasteiger partial charge in [0, 0.05) is 18.2 Å². The Hall–Kier alpha value is -0.960. The first-order valence-corrected chi connectivity index (χ1v) is 5.34. The zero-order chi connectivity index (χ0) is 10.8. The molecule has 0 saturated heterocycles. The van der Waals surface area contributed by atoms with Crippen molar-refractivity contribution in [2.75, 3.05) is 0 Å². The molecule has 1 aromatic carbocycles. The summed E-state index contributed by atoms with van der Waals surface area (Å²) in [4.78, 5) is 0. The molecule has 0 aromatic heterocycles. The van der Waals surface area contributed by atoms with Crippen molar-refractivity contribution < 1.29 is 8.78 Å². The van der Waals surface area contributed by atoms with E-state index in [1.54, 1.807) is 0 Å². The highest BCUT2D eigenvalue weighted by Gasteiger charge is 2.27. The van der Waals surface area contributed by atoms with Crippen LogP contribution >= 0.6 is 0 Å². The van der Waals surface area contributed by atoms with Gasteiger partial charge in [-0.15, -0.1) is 0 Å². The van der Waals surface area contributed by atoms with Crippen LogP contribution in [-0.4, -0.2) is 6.04 Å². The van der Waals surface area contributed by atoms with Crippen LogP contribution in [0.1, 0.15) is 25.3 Å². The summed E-state index contributed by atoms with van der Waals surface area (Å²) in [5.41, 5.74) is 0.144. The zero-order valence-corrected chi connectivity index (χ0v) is 8.76. The van der Waals surface area contributed by atoms with E-state index in [2.05, 4.69) is 12.2 Å². The van der Waals surface area contributed by atoms with E-state index in [0.29, 0.717) is 12.0 Å². The van der Waals surface area contributed by atoms with Crippen molar-refractivity contribution in [3.63, 3.8) is 0 Å². The summed E-state index contributed by atoms with van der Waals surface area (Å²) < 4.78 is 26.5. The van der Waals surface area contributed by atoms with Gasteiger partial charge < -0.3 is 5.32 Å². The van der Waals surface area contributed by atoms with Crippen LogP contribution in [0, 0.1) is 17.6 Å². The van der Waals surface area contributed by atoms with Crippen molar-refractivity contribution in [2.45, 2.75) is 32.4 Å². The number of nitrogens with one attached hydrogen (secondary N) is 1. The topological polar surface area (TPSA) is 12.0 Å². The molecular formula is C12H15F2N. The molecule has 1 aliphatic carbocycles. The van der Waals surface area contributed by atoms with E-state index in [1.807, 2.05) is 0 Å². The predicted octanol–water partition coefficient (Wildman–Crippen LogP) is 2.85. The Morgan fingerprint density at radius 3 is 2.47 bits per heavy atom. The summed E-state index contributed by atoms with van der Waals surface area (Å²) in [6.07, 6.45) is 2.46. The molecule has 0 aliphatic heterocycles. The predicted molar refractivity (Wildman–Crippen MR) is 55.4 cm³/mol. The number of hydrogen-bond donors (Lipinski definition) is 1. The Bertz CT molecular complexity index is 327. The molecule has 0 heterocycles. The van der Waals surface area contributed by atoms with Gasteiger partial charge in [-0.3, -0.25) is 0 Å². The first kappa shape index (κ1) is 10.6. The first-order chi connectivity index (χ1) is 7.18. The molecule has 1 fully saturated rings. The third-order valence-electron chi connectivity index (χ3n) is 2.99. The molecule has 1 N–H and O–H groups in total. The van der Waals surface area contributed by atoms with E-state index in [9.17, 15) is 8.78 Å². The van der Waals surface area contributed by atoms with Crippen LogP contribution in [0.25, 0.3) is 0 Å². The van der Waals surface area contributed by atoms with Crippen molar-refractivity contribution in [1.82, 2.24) is 5.32 Å². The summed E-state index contributed by atoms with van der Waals surface area (Å²) in [7, 11) is 0. The minimum absolute atomic E-state index is 0.144. The van der Waals surface area contributed by atoms with Crippen molar-refractivity contribution in [1.29, 1.82) is 0 Å². The van der Waals surface area contributed by atoms with Crippen LogP contribution in [0.5, 0.6) is 0 Å². The molecule has 1 aliphatic rings. The van der Waals surface area contributed by atoms with Crippen molar-refractivity contribution in [3.05, 3.63) is 35.4 Å². The fraction of sp³-hybridized carbons (Fsp3) is 0.500. The SMILES string of the molecule is CC(NCc1c(F)cccc1F)C1CC1. The largest absolute Gasteiger partial charge is 0.310 e. The van der Waals surface area contributed by atoms with E-state index in [4.69, 9.17) is 0 Å². The van der Waals surface area contributed by atoms with E-state index in [0.717, 1.165) is 0 Å². The Morgan fingerprint density at radius 2 is 1.93 bits per heavy atom. The van der Waals surface area contributed by atoms with Gasteiger partial charge >= 0.3 is 0 Å². The molecule has 0 spiro atoms. The van der Waals surface area contributed by atoms with Crippen LogP contribution < -0.4 is 5.32 Å². The maximum atomic E-state index is 13.2. The van der Waals surface area contributed by atoms with E-state index >= 15 is 0 Å². The van der Waals surface area contributed by atoms with E-state index in [-0.39, 0.29) is 12.1 Å². The summed E-state index contributed by atoms with van der Waals surface area (Å²) in [5, 5.41) is 3.16. The van der Waals surface area contributed by atoms with Crippen molar-refractivity contribution >= 4 is 0 Å². The Balaban J connectivity index is 1.97. The van der Waals surface area contributed by atoms with Crippen LogP contribution in [0.4, 0.5) is 8.78 Å². The second-order valence-corrected chi connectivity index (χ2v) is 4.21. The monoisotopic (exact) mass is 211 g/mol. The number of hydrogen-bond acceptors (Lipinski definition) is 1. The highest BCUT2D eigenvalue weighted by molar-refractivity contribution is 5.19. The Morgan fingerprint density at radius 1 is 1.33 bits per heavy atom. The molecule has 0 bridgehead atoms. The molecule has 82 valence electrons. The lowest BCUT2D eigenvalue weighted by Gasteiger charge is -2.13. The molecular weight excluding hydrogens is 196 g/mol. The quantitative estimate of drug-likeness (QED) is 0.807. The molecule has 0 radical (unpaired) electrons. The fourth-order valence-corrected chi connectivity index (χ4v) is 1.73. The van der Waals surface area contributed by atoms with Gasteiger partial charge in [0.15, 0.2) is 0 Å². The highest BCUT2D eigenvalue weighted by atomic mass is 19.1. The fourth-order valence-electron chi connectivity index (χ4n) is 1.73. The number of rotatable bonds is 4. The maximum Gasteiger partial charge on any atom is 0.130 e. The average molecular weight is 211 g/mol. The number of benzene rings is 1. The summed E-state index contributed by atoms with van der Waals surface area (Å²) in [6, 6.07) is 4.33. The van der Waals surface area contributed by atoms with Gasteiger partial charge in [0.05, 0.1) is 0 Å². The van der Waals surface area contributed by atoms with Crippen LogP contribution in [0.2, 0.25) is 0 Å². The average Bonchev–Trinajstić information content (AvgIpc) is 2.99. The third-order valence-corrected chi connectivity index (χ3v) is 2.99. The van der Waals surface area contributed by atoms with E-state index < -0.39 is 11.6 Å². The molecule has 0 amide bonds. The van der Waals surface area contributed by atoms with Crippen LogP contribution in [0.15, 0.2) is 18.2 Å². The standard InChI is InChI=1S/C12H15F2N/c1-8(9-5-6-9)15-7-10-11(13)3-2-4-12(10)14/h2-4,8-9,15H,5-7H2,1H3. The summed E-state index contributed by atoms with van der Waals surface area (Å²) >= 11 is 0. The normalized spacial score (nSPS) is 17.8. The molecule has 1 aromatic rings. The highest BCUT2D eigenvalue weighted by Crippen LogP contribution is 2.32. The molecule has 15 heavy (non-hydrogen) atoms. The lowest BCUT2D eigenvalue weighted by Crippen LogP contribution is -2.28. The van der Waals surface area contributed by atoms with E-state index in [1.165, 1.54) is 31.0 Å². The number of halogens is 2. The van der Waals surface area contributed by atoms with Crippen molar-refractivity contribution in [3.8, 4) is 0 Å². The van der Waals surface area contributed by atoms with Crippen molar-refractivity contribution in [2.24, 2.45) is 5.92 Å². The molecule has 3 heteroatoms. The van der Waals surface area contributed by atoms with Gasteiger partial charge in [-0.1, -0.05) is 6.07 Å². The third kappa shape index (κ3) is 2.53. The lowest BCUT2D eigenvalue weighted by molar-refractivity contribution is 0.470. The molecule has 2 rings (SSSR count). The van der Waals surface area contributed by atoms with Gasteiger partial charge in [-0.25, -0.2) is 8.78 Å². The Labute approximate surface area is 88.5 Å². The molecule has 1 atom stereocenters. The lowest BCUT2D eigenvalue weighted by atomic mass is 10.1. The smallest absolute Gasteiger partial charge is 0.130 e. The molecule has 1 unspecified atom stereocenters. The molecule has 1 nitrogen and oxygen atoms in total. The second-order valence-electron chi connectivity index (χ2n) is 4.21. The summed E-state index contributed by atoms with van der Waals surface area (Å²) in [6.45, 7) is 2.34.